The molecule has 4 heteroatoms. The Morgan fingerprint density at radius 1 is 1.31 bits per heavy atom. The molecule has 1 aromatic rings. The number of benzene rings is 1. The lowest BCUT2D eigenvalue weighted by Gasteiger charge is -2.22. The molecule has 1 aliphatic heterocycles. The standard InChI is InChI=1S/C12H11NO3/c1-9(14)10-4-6-11(7-5-10)13-12(15)3-2-8-16-13/h2-7H,8H2,1H3. The molecule has 0 fully saturated rings. The van der Waals surface area contributed by atoms with E-state index in [9.17, 15) is 9.59 Å². The maximum atomic E-state index is 11.5. The number of ketones is 1. The zero-order valence-electron chi connectivity index (χ0n) is 8.84. The van der Waals surface area contributed by atoms with Gasteiger partial charge in [-0.15, -0.1) is 0 Å². The van der Waals surface area contributed by atoms with Crippen LogP contribution in [0, 0.1) is 0 Å². The van der Waals surface area contributed by atoms with Crippen molar-refractivity contribution in [3.05, 3.63) is 42.0 Å². The van der Waals surface area contributed by atoms with E-state index in [0.717, 1.165) is 0 Å². The minimum Gasteiger partial charge on any atom is -0.295 e. The minimum atomic E-state index is -0.221. The fourth-order valence-corrected chi connectivity index (χ4v) is 1.43. The quantitative estimate of drug-likeness (QED) is 0.708. The van der Waals surface area contributed by atoms with Crippen LogP contribution in [0.25, 0.3) is 0 Å². The molecule has 0 bridgehead atoms. The van der Waals surface area contributed by atoms with E-state index < -0.39 is 0 Å². The molecule has 4 nitrogen and oxygen atoms in total. The van der Waals surface area contributed by atoms with Crippen molar-refractivity contribution in [3.8, 4) is 0 Å². The van der Waals surface area contributed by atoms with Crippen LogP contribution in [0.2, 0.25) is 0 Å². The summed E-state index contributed by atoms with van der Waals surface area (Å²) in [5.41, 5.74) is 1.24. The summed E-state index contributed by atoms with van der Waals surface area (Å²) in [6.45, 7) is 1.88. The molecule has 0 aliphatic carbocycles. The summed E-state index contributed by atoms with van der Waals surface area (Å²) in [6.07, 6.45) is 3.12. The second kappa shape index (κ2) is 4.28. The van der Waals surface area contributed by atoms with E-state index in [1.807, 2.05) is 0 Å². The van der Waals surface area contributed by atoms with Crippen molar-refractivity contribution in [2.24, 2.45) is 0 Å². The van der Waals surface area contributed by atoms with Gasteiger partial charge in [0.2, 0.25) is 0 Å². The van der Waals surface area contributed by atoms with Crippen LogP contribution in [0.5, 0.6) is 0 Å². The number of hydrogen-bond donors (Lipinski definition) is 0. The summed E-state index contributed by atoms with van der Waals surface area (Å²) in [5, 5.41) is 1.21. The van der Waals surface area contributed by atoms with Crippen LogP contribution in [-0.2, 0) is 9.63 Å². The zero-order valence-corrected chi connectivity index (χ0v) is 8.84. The smallest absolute Gasteiger partial charge is 0.274 e. The number of rotatable bonds is 2. The summed E-state index contributed by atoms with van der Waals surface area (Å²) in [4.78, 5) is 27.7. The van der Waals surface area contributed by atoms with Crippen molar-refractivity contribution in [1.82, 2.24) is 0 Å². The van der Waals surface area contributed by atoms with Gasteiger partial charge in [-0.1, -0.05) is 6.08 Å². The Labute approximate surface area is 93.1 Å². The first-order valence-electron chi connectivity index (χ1n) is 4.93. The van der Waals surface area contributed by atoms with Gasteiger partial charge in [0.1, 0.15) is 0 Å². The number of nitrogens with zero attached hydrogens (tertiary/aromatic N) is 1. The Morgan fingerprint density at radius 3 is 2.56 bits per heavy atom. The number of carbonyl (C=O) groups is 2. The second-order valence-corrected chi connectivity index (χ2v) is 3.43. The van der Waals surface area contributed by atoms with E-state index in [-0.39, 0.29) is 11.7 Å². The zero-order chi connectivity index (χ0) is 11.5. The Kier molecular flexibility index (Phi) is 2.83. The van der Waals surface area contributed by atoms with Gasteiger partial charge in [0.15, 0.2) is 5.78 Å². The van der Waals surface area contributed by atoms with E-state index in [1.165, 1.54) is 18.1 Å². The van der Waals surface area contributed by atoms with Gasteiger partial charge in [0.25, 0.3) is 5.91 Å². The van der Waals surface area contributed by atoms with Crippen LogP contribution in [0.15, 0.2) is 36.4 Å². The van der Waals surface area contributed by atoms with Crippen LogP contribution >= 0.6 is 0 Å². The minimum absolute atomic E-state index is 0.00247. The van der Waals surface area contributed by atoms with Crippen LogP contribution in [0.3, 0.4) is 0 Å². The van der Waals surface area contributed by atoms with Gasteiger partial charge in [0.05, 0.1) is 12.3 Å². The Bertz CT molecular complexity index is 448. The molecular formula is C12H11NO3. The molecule has 0 saturated heterocycles. The normalized spacial score (nSPS) is 15.3. The third-order valence-electron chi connectivity index (χ3n) is 2.27. The van der Waals surface area contributed by atoms with Crippen LogP contribution in [-0.4, -0.2) is 18.3 Å². The fourth-order valence-electron chi connectivity index (χ4n) is 1.43. The summed E-state index contributed by atoms with van der Waals surface area (Å²) in [5.74, 6) is -0.223. The van der Waals surface area contributed by atoms with Gasteiger partial charge in [-0.05, 0) is 31.2 Å². The summed E-state index contributed by atoms with van der Waals surface area (Å²) >= 11 is 0. The number of hydrogen-bond acceptors (Lipinski definition) is 3. The molecule has 82 valence electrons. The van der Waals surface area contributed by atoms with Crippen molar-refractivity contribution >= 4 is 17.4 Å². The number of anilines is 1. The molecule has 0 unspecified atom stereocenters. The Hall–Kier alpha value is -1.94. The third-order valence-corrected chi connectivity index (χ3v) is 2.27. The SMILES string of the molecule is CC(=O)c1ccc(N2OCC=CC2=O)cc1. The summed E-state index contributed by atoms with van der Waals surface area (Å²) in [6, 6.07) is 6.72. The first kappa shape index (κ1) is 10.6. The number of Topliss-reactive ketones (excluding diaryl/α,β-unsaturated/α-hetero) is 1. The van der Waals surface area contributed by atoms with Gasteiger partial charge in [-0.25, -0.2) is 0 Å². The average Bonchev–Trinajstić information content (AvgIpc) is 2.30. The lowest BCUT2D eigenvalue weighted by molar-refractivity contribution is -0.121. The molecule has 0 atom stereocenters. The van der Waals surface area contributed by atoms with E-state index >= 15 is 0 Å². The molecule has 16 heavy (non-hydrogen) atoms. The molecule has 0 N–H and O–H groups in total. The Morgan fingerprint density at radius 2 is 2.00 bits per heavy atom. The number of amides is 1. The largest absolute Gasteiger partial charge is 0.295 e. The molecular weight excluding hydrogens is 206 g/mol. The highest BCUT2D eigenvalue weighted by Crippen LogP contribution is 2.18. The van der Waals surface area contributed by atoms with Gasteiger partial charge in [-0.2, -0.15) is 5.06 Å². The summed E-state index contributed by atoms with van der Waals surface area (Å²) in [7, 11) is 0. The van der Waals surface area contributed by atoms with Crippen LogP contribution in [0.4, 0.5) is 5.69 Å². The van der Waals surface area contributed by atoms with Gasteiger partial charge < -0.3 is 0 Å². The van der Waals surface area contributed by atoms with Crippen molar-refractivity contribution in [1.29, 1.82) is 0 Å². The molecule has 1 amide bonds. The van der Waals surface area contributed by atoms with E-state index in [2.05, 4.69) is 0 Å². The van der Waals surface area contributed by atoms with Crippen molar-refractivity contribution < 1.29 is 14.4 Å². The average molecular weight is 217 g/mol. The maximum Gasteiger partial charge on any atom is 0.274 e. The Balaban J connectivity index is 2.24. The molecule has 0 saturated carbocycles. The highest BCUT2D eigenvalue weighted by atomic mass is 16.7. The predicted octanol–water partition coefficient (Wildman–Crippen LogP) is 1.72. The maximum absolute atomic E-state index is 11.5. The van der Waals surface area contributed by atoms with Crippen molar-refractivity contribution in [3.63, 3.8) is 0 Å². The summed E-state index contributed by atoms with van der Waals surface area (Å²) < 4.78 is 0. The highest BCUT2D eigenvalue weighted by Gasteiger charge is 2.16. The second-order valence-electron chi connectivity index (χ2n) is 3.43. The van der Waals surface area contributed by atoms with E-state index in [0.29, 0.717) is 17.9 Å². The van der Waals surface area contributed by atoms with E-state index in [1.54, 1.807) is 30.3 Å². The highest BCUT2D eigenvalue weighted by molar-refractivity contribution is 6.01. The molecule has 0 aromatic heterocycles. The van der Waals surface area contributed by atoms with Crippen molar-refractivity contribution in [2.75, 3.05) is 11.7 Å². The van der Waals surface area contributed by atoms with Crippen LogP contribution < -0.4 is 5.06 Å². The fraction of sp³-hybridized carbons (Fsp3) is 0.167. The monoisotopic (exact) mass is 217 g/mol. The van der Waals surface area contributed by atoms with E-state index in [4.69, 9.17) is 4.84 Å². The molecule has 1 aromatic carbocycles. The first-order chi connectivity index (χ1) is 7.68. The molecule has 1 aliphatic rings. The van der Waals surface area contributed by atoms with Crippen LogP contribution in [0.1, 0.15) is 17.3 Å². The topological polar surface area (TPSA) is 46.6 Å². The number of hydroxylamine groups is 1. The molecule has 0 spiro atoms. The molecule has 1 heterocycles. The van der Waals surface area contributed by atoms with Gasteiger partial charge in [-0.3, -0.25) is 14.4 Å². The van der Waals surface area contributed by atoms with Crippen molar-refractivity contribution in [2.45, 2.75) is 6.92 Å². The van der Waals surface area contributed by atoms with Gasteiger partial charge >= 0.3 is 0 Å². The third kappa shape index (κ3) is 2.01. The van der Waals surface area contributed by atoms with Gasteiger partial charge in [0, 0.05) is 11.6 Å². The molecule has 0 radical (unpaired) electrons. The predicted molar refractivity (Wildman–Crippen MR) is 59.0 cm³/mol. The first-order valence-corrected chi connectivity index (χ1v) is 4.93. The molecule has 2 rings (SSSR count). The lowest BCUT2D eigenvalue weighted by atomic mass is 10.1. The number of carbonyl (C=O) groups excluding carboxylic acids is 2. The lowest BCUT2D eigenvalue weighted by Crippen LogP contribution is -2.32.